The van der Waals surface area contributed by atoms with E-state index in [0.717, 1.165) is 4.90 Å². The van der Waals surface area contributed by atoms with Crippen LogP contribution in [-0.2, 0) is 4.74 Å². The molecular formula is C10H11N3O4S2. The summed E-state index contributed by atoms with van der Waals surface area (Å²) in [5.41, 5.74) is 0.0741. The van der Waals surface area contributed by atoms with E-state index in [1.165, 1.54) is 31.0 Å². The number of hydrogen-bond donors (Lipinski definition) is 2. The summed E-state index contributed by atoms with van der Waals surface area (Å²) in [5, 5.41) is 15.7. The molecule has 9 heteroatoms. The standard InChI is InChI=1S/C10H11N3O4S2/c1-17-10(14)12-9(18)11-7-4-3-6(19-2)5-8(7)13(15)16/h3-5H,1-2H3,(H2,11,12,14,18). The Labute approximate surface area is 118 Å². The van der Waals surface area contributed by atoms with Gasteiger partial charge in [0, 0.05) is 11.0 Å². The minimum Gasteiger partial charge on any atom is -0.453 e. The van der Waals surface area contributed by atoms with Crippen LogP contribution in [0.3, 0.4) is 0 Å². The van der Waals surface area contributed by atoms with Crippen molar-refractivity contribution in [2.24, 2.45) is 0 Å². The van der Waals surface area contributed by atoms with E-state index in [1.807, 2.05) is 6.26 Å². The SMILES string of the molecule is COC(=O)NC(=S)Nc1ccc(SC)cc1[N+](=O)[O-]. The summed E-state index contributed by atoms with van der Waals surface area (Å²) in [6.07, 6.45) is 1.07. The Kier molecular flexibility index (Phi) is 5.52. The smallest absolute Gasteiger partial charge is 0.413 e. The van der Waals surface area contributed by atoms with Gasteiger partial charge < -0.3 is 10.1 Å². The van der Waals surface area contributed by atoms with Crippen molar-refractivity contribution in [3.63, 3.8) is 0 Å². The van der Waals surface area contributed by atoms with Crippen molar-refractivity contribution in [2.75, 3.05) is 18.7 Å². The second kappa shape index (κ2) is 6.90. The molecule has 0 saturated heterocycles. The van der Waals surface area contributed by atoms with Gasteiger partial charge in [-0.05, 0) is 30.6 Å². The van der Waals surface area contributed by atoms with Crippen molar-refractivity contribution in [2.45, 2.75) is 4.90 Å². The third-order valence-corrected chi connectivity index (χ3v) is 2.98. The predicted octanol–water partition coefficient (Wildman–Crippen LogP) is 2.37. The highest BCUT2D eigenvalue weighted by atomic mass is 32.2. The lowest BCUT2D eigenvalue weighted by atomic mass is 10.2. The molecule has 0 aliphatic carbocycles. The van der Waals surface area contributed by atoms with Crippen molar-refractivity contribution in [3.8, 4) is 0 Å². The number of hydrogen-bond acceptors (Lipinski definition) is 6. The Morgan fingerprint density at radius 3 is 2.74 bits per heavy atom. The molecule has 0 heterocycles. The Bertz CT molecular complexity index is 521. The molecule has 7 nitrogen and oxygen atoms in total. The minimum atomic E-state index is -0.749. The first-order chi connectivity index (χ1) is 8.97. The average molecular weight is 301 g/mol. The van der Waals surface area contributed by atoms with E-state index in [4.69, 9.17) is 12.2 Å². The monoisotopic (exact) mass is 301 g/mol. The van der Waals surface area contributed by atoms with Crippen molar-refractivity contribution in [1.82, 2.24) is 5.32 Å². The van der Waals surface area contributed by atoms with E-state index < -0.39 is 11.0 Å². The van der Waals surface area contributed by atoms with Crippen LogP contribution in [0.5, 0.6) is 0 Å². The topological polar surface area (TPSA) is 93.5 Å². The van der Waals surface area contributed by atoms with Gasteiger partial charge in [-0.2, -0.15) is 0 Å². The fraction of sp³-hybridized carbons (Fsp3) is 0.200. The van der Waals surface area contributed by atoms with Crippen molar-refractivity contribution in [3.05, 3.63) is 28.3 Å². The van der Waals surface area contributed by atoms with Gasteiger partial charge in [-0.25, -0.2) is 4.79 Å². The van der Waals surface area contributed by atoms with Gasteiger partial charge in [0.15, 0.2) is 5.11 Å². The highest BCUT2D eigenvalue weighted by molar-refractivity contribution is 7.98. The lowest BCUT2D eigenvalue weighted by Crippen LogP contribution is -2.34. The molecule has 0 atom stereocenters. The van der Waals surface area contributed by atoms with Crippen LogP contribution in [0.2, 0.25) is 0 Å². The highest BCUT2D eigenvalue weighted by Crippen LogP contribution is 2.29. The molecule has 1 aromatic carbocycles. The molecule has 0 saturated carbocycles. The summed E-state index contributed by atoms with van der Waals surface area (Å²) in [7, 11) is 1.19. The van der Waals surface area contributed by atoms with Crippen LogP contribution >= 0.6 is 24.0 Å². The molecule has 1 rings (SSSR count). The predicted molar refractivity (Wildman–Crippen MR) is 76.6 cm³/mol. The second-order valence-corrected chi connectivity index (χ2v) is 4.50. The number of rotatable bonds is 3. The maximum atomic E-state index is 11.0. The van der Waals surface area contributed by atoms with E-state index in [-0.39, 0.29) is 16.5 Å². The molecule has 0 unspecified atom stereocenters. The second-order valence-electron chi connectivity index (χ2n) is 3.21. The van der Waals surface area contributed by atoms with Crippen LogP contribution in [0.4, 0.5) is 16.2 Å². The number of nitro benzene ring substituents is 1. The number of benzene rings is 1. The maximum absolute atomic E-state index is 11.0. The number of anilines is 1. The third-order valence-electron chi connectivity index (χ3n) is 2.05. The number of ether oxygens (including phenoxy) is 1. The van der Waals surface area contributed by atoms with Gasteiger partial charge in [0.1, 0.15) is 5.69 Å². The molecule has 0 aromatic heterocycles. The normalized spacial score (nSPS) is 9.58. The quantitative estimate of drug-likeness (QED) is 0.383. The van der Waals surface area contributed by atoms with E-state index in [2.05, 4.69) is 15.4 Å². The Morgan fingerprint density at radius 2 is 2.21 bits per heavy atom. The number of carbonyl (C=O) groups excluding carboxylic acids is 1. The summed E-state index contributed by atoms with van der Waals surface area (Å²) >= 11 is 6.22. The molecule has 0 aliphatic heterocycles. The van der Waals surface area contributed by atoms with E-state index in [1.54, 1.807) is 6.07 Å². The van der Waals surface area contributed by atoms with Crippen molar-refractivity contribution >= 4 is 46.6 Å². The summed E-state index contributed by atoms with van der Waals surface area (Å²) in [5.74, 6) is 0. The van der Waals surface area contributed by atoms with Gasteiger partial charge in [-0.3, -0.25) is 15.4 Å². The Balaban J connectivity index is 2.91. The molecule has 0 radical (unpaired) electrons. The van der Waals surface area contributed by atoms with E-state index in [9.17, 15) is 14.9 Å². The Morgan fingerprint density at radius 1 is 1.53 bits per heavy atom. The Hall–Kier alpha value is -1.87. The minimum absolute atomic E-state index is 0.0770. The molecule has 0 fully saturated rings. The number of methoxy groups -OCH3 is 1. The van der Waals surface area contributed by atoms with Crippen molar-refractivity contribution in [1.29, 1.82) is 0 Å². The molecule has 2 N–H and O–H groups in total. The van der Waals surface area contributed by atoms with Crippen LogP contribution in [-0.4, -0.2) is 29.5 Å². The molecule has 0 aliphatic rings. The number of thioether (sulfide) groups is 1. The first kappa shape index (κ1) is 15.2. The lowest BCUT2D eigenvalue weighted by molar-refractivity contribution is -0.384. The number of nitrogens with one attached hydrogen (secondary N) is 2. The molecule has 0 bridgehead atoms. The largest absolute Gasteiger partial charge is 0.453 e. The number of carbonyl (C=O) groups is 1. The summed E-state index contributed by atoms with van der Waals surface area (Å²) in [6, 6.07) is 4.66. The van der Waals surface area contributed by atoms with Gasteiger partial charge in [-0.15, -0.1) is 11.8 Å². The summed E-state index contributed by atoms with van der Waals surface area (Å²) in [4.78, 5) is 22.1. The number of nitro groups is 1. The van der Waals surface area contributed by atoms with Crippen molar-refractivity contribution < 1.29 is 14.5 Å². The van der Waals surface area contributed by atoms with E-state index in [0.29, 0.717) is 0 Å². The first-order valence-electron chi connectivity index (χ1n) is 4.96. The van der Waals surface area contributed by atoms with Gasteiger partial charge in [0.05, 0.1) is 12.0 Å². The highest BCUT2D eigenvalue weighted by Gasteiger charge is 2.16. The molecule has 19 heavy (non-hydrogen) atoms. The number of amides is 1. The van der Waals surface area contributed by atoms with Gasteiger partial charge in [0.25, 0.3) is 5.69 Å². The molecular weight excluding hydrogens is 290 g/mol. The average Bonchev–Trinajstić information content (AvgIpc) is 2.38. The zero-order valence-electron chi connectivity index (χ0n) is 10.1. The summed E-state index contributed by atoms with van der Waals surface area (Å²) in [6.45, 7) is 0. The molecule has 1 aromatic rings. The molecule has 1 amide bonds. The van der Waals surface area contributed by atoms with Gasteiger partial charge >= 0.3 is 6.09 Å². The molecule has 0 spiro atoms. The summed E-state index contributed by atoms with van der Waals surface area (Å²) < 4.78 is 4.36. The molecule has 102 valence electrons. The van der Waals surface area contributed by atoms with Crippen LogP contribution in [0, 0.1) is 10.1 Å². The number of thiocarbonyl (C=S) groups is 1. The fourth-order valence-electron chi connectivity index (χ4n) is 1.19. The fourth-order valence-corrected chi connectivity index (χ4v) is 1.82. The first-order valence-corrected chi connectivity index (χ1v) is 6.59. The maximum Gasteiger partial charge on any atom is 0.413 e. The number of alkyl carbamates (subject to hydrolysis) is 1. The van der Waals surface area contributed by atoms with Gasteiger partial charge in [0.2, 0.25) is 0 Å². The van der Waals surface area contributed by atoms with Crippen LogP contribution < -0.4 is 10.6 Å². The zero-order valence-corrected chi connectivity index (χ0v) is 11.8. The number of nitrogens with zero attached hydrogens (tertiary/aromatic N) is 1. The van der Waals surface area contributed by atoms with Crippen LogP contribution in [0.1, 0.15) is 0 Å². The zero-order chi connectivity index (χ0) is 14.4. The van der Waals surface area contributed by atoms with Gasteiger partial charge in [-0.1, -0.05) is 0 Å². The third kappa shape index (κ3) is 4.38. The lowest BCUT2D eigenvalue weighted by Gasteiger charge is -2.09. The van der Waals surface area contributed by atoms with Crippen LogP contribution in [0.15, 0.2) is 23.1 Å². The van der Waals surface area contributed by atoms with E-state index >= 15 is 0 Å². The van der Waals surface area contributed by atoms with Crippen LogP contribution in [0.25, 0.3) is 0 Å².